The van der Waals surface area contributed by atoms with Crippen LogP contribution in [0.3, 0.4) is 0 Å². The van der Waals surface area contributed by atoms with Gasteiger partial charge in [-0.1, -0.05) is 13.8 Å². The summed E-state index contributed by atoms with van der Waals surface area (Å²) in [6, 6.07) is 0. The van der Waals surface area contributed by atoms with Gasteiger partial charge in [0.05, 0.1) is 12.7 Å². The van der Waals surface area contributed by atoms with E-state index in [1.165, 1.54) is 13.0 Å². The quantitative estimate of drug-likeness (QED) is 0.715. The van der Waals surface area contributed by atoms with Gasteiger partial charge in [0.2, 0.25) is 0 Å². The predicted molar refractivity (Wildman–Crippen MR) is 59.6 cm³/mol. The van der Waals surface area contributed by atoms with E-state index < -0.39 is 0 Å². The van der Waals surface area contributed by atoms with Crippen molar-refractivity contribution in [2.24, 2.45) is 5.92 Å². The molecule has 1 aliphatic heterocycles. The van der Waals surface area contributed by atoms with Gasteiger partial charge in [-0.25, -0.2) is 0 Å². The number of nitrogens with one attached hydrogen (secondary N) is 1. The molecule has 1 fully saturated rings. The Morgan fingerprint density at radius 1 is 1.50 bits per heavy atom. The zero-order valence-corrected chi connectivity index (χ0v) is 9.75. The minimum atomic E-state index is 0.390. The van der Waals surface area contributed by atoms with E-state index in [1.807, 2.05) is 0 Å². The van der Waals surface area contributed by atoms with Gasteiger partial charge in [-0.05, 0) is 25.9 Å². The molecule has 1 unspecified atom stereocenters. The number of morpholine rings is 1. The first-order chi connectivity index (χ1) is 6.68. The maximum atomic E-state index is 5.65. The molecule has 0 spiro atoms. The van der Waals surface area contributed by atoms with Crippen molar-refractivity contribution in [1.29, 1.82) is 0 Å². The van der Waals surface area contributed by atoms with Crippen molar-refractivity contribution in [3.05, 3.63) is 0 Å². The summed E-state index contributed by atoms with van der Waals surface area (Å²) in [4.78, 5) is 2.37. The first-order valence-electron chi connectivity index (χ1n) is 5.69. The van der Waals surface area contributed by atoms with Crippen LogP contribution in [0, 0.1) is 5.92 Å². The van der Waals surface area contributed by atoms with E-state index in [4.69, 9.17) is 4.74 Å². The van der Waals surface area contributed by atoms with E-state index in [9.17, 15) is 0 Å². The number of nitrogens with zero attached hydrogens (tertiary/aromatic N) is 1. The van der Waals surface area contributed by atoms with Crippen LogP contribution in [0.2, 0.25) is 0 Å². The molecule has 0 bridgehead atoms. The average Bonchev–Trinajstić information content (AvgIpc) is 2.16. The fourth-order valence-corrected chi connectivity index (χ4v) is 1.65. The molecule has 1 atom stereocenters. The highest BCUT2D eigenvalue weighted by Gasteiger charge is 2.15. The lowest BCUT2D eigenvalue weighted by atomic mass is 10.1. The highest BCUT2D eigenvalue weighted by Crippen LogP contribution is 2.03. The van der Waals surface area contributed by atoms with Crippen molar-refractivity contribution in [1.82, 2.24) is 10.2 Å². The van der Waals surface area contributed by atoms with Gasteiger partial charge in [0, 0.05) is 19.6 Å². The number of likely N-dealkylation sites (N-methyl/N-ethyl adjacent to an activating group) is 1. The smallest absolute Gasteiger partial charge is 0.0826 e. The Morgan fingerprint density at radius 3 is 2.86 bits per heavy atom. The molecule has 0 amide bonds. The van der Waals surface area contributed by atoms with Crippen LogP contribution in [0.5, 0.6) is 0 Å². The van der Waals surface area contributed by atoms with Crippen molar-refractivity contribution >= 4 is 0 Å². The molecule has 0 aromatic heterocycles. The molecule has 0 aromatic carbocycles. The Morgan fingerprint density at radius 2 is 2.29 bits per heavy atom. The molecule has 14 heavy (non-hydrogen) atoms. The number of rotatable bonds is 5. The van der Waals surface area contributed by atoms with Gasteiger partial charge in [0.25, 0.3) is 0 Å². The van der Waals surface area contributed by atoms with Crippen molar-refractivity contribution in [2.75, 3.05) is 39.8 Å². The molecule has 0 saturated carbocycles. The van der Waals surface area contributed by atoms with Gasteiger partial charge in [-0.15, -0.1) is 0 Å². The average molecular weight is 200 g/mol. The van der Waals surface area contributed by atoms with E-state index in [1.54, 1.807) is 0 Å². The summed E-state index contributed by atoms with van der Waals surface area (Å²) >= 11 is 0. The standard InChI is InChI=1S/C11H24N2O/c1-10(2)4-6-13(3)9-11-8-12-5-7-14-11/h10-12H,4-9H2,1-3H3. The van der Waals surface area contributed by atoms with E-state index in [0.29, 0.717) is 6.10 Å². The molecule has 0 radical (unpaired) electrons. The van der Waals surface area contributed by atoms with Crippen LogP contribution in [0.1, 0.15) is 20.3 Å². The summed E-state index contributed by atoms with van der Waals surface area (Å²) in [7, 11) is 2.18. The zero-order chi connectivity index (χ0) is 10.4. The minimum absolute atomic E-state index is 0.390. The lowest BCUT2D eigenvalue weighted by Crippen LogP contribution is -2.44. The van der Waals surface area contributed by atoms with E-state index in [0.717, 1.165) is 32.2 Å². The fraction of sp³-hybridized carbons (Fsp3) is 1.00. The fourth-order valence-electron chi connectivity index (χ4n) is 1.65. The molecule has 84 valence electrons. The maximum Gasteiger partial charge on any atom is 0.0826 e. The van der Waals surface area contributed by atoms with Crippen molar-refractivity contribution in [2.45, 2.75) is 26.4 Å². The van der Waals surface area contributed by atoms with Crippen LogP contribution in [-0.4, -0.2) is 50.8 Å². The first-order valence-corrected chi connectivity index (χ1v) is 5.69. The number of ether oxygens (including phenoxy) is 1. The van der Waals surface area contributed by atoms with E-state index >= 15 is 0 Å². The SMILES string of the molecule is CC(C)CCN(C)CC1CNCCO1. The highest BCUT2D eigenvalue weighted by molar-refractivity contribution is 4.70. The highest BCUT2D eigenvalue weighted by atomic mass is 16.5. The molecule has 1 aliphatic rings. The van der Waals surface area contributed by atoms with Crippen LogP contribution < -0.4 is 5.32 Å². The van der Waals surface area contributed by atoms with Crippen molar-refractivity contribution in [3.63, 3.8) is 0 Å². The van der Waals surface area contributed by atoms with Gasteiger partial charge in [-0.2, -0.15) is 0 Å². The summed E-state index contributed by atoms with van der Waals surface area (Å²) in [6.45, 7) is 9.65. The Balaban J connectivity index is 2.09. The van der Waals surface area contributed by atoms with Gasteiger partial charge in [0.1, 0.15) is 0 Å². The third-order valence-electron chi connectivity index (χ3n) is 2.61. The first kappa shape index (κ1) is 12.0. The molecule has 3 heteroatoms. The Bertz CT molecular complexity index is 144. The molecule has 0 aromatic rings. The predicted octanol–water partition coefficient (Wildman–Crippen LogP) is 0.953. The molecule has 3 nitrogen and oxygen atoms in total. The molecular weight excluding hydrogens is 176 g/mol. The van der Waals surface area contributed by atoms with Crippen LogP contribution in [-0.2, 0) is 4.74 Å². The van der Waals surface area contributed by atoms with Crippen LogP contribution in [0.15, 0.2) is 0 Å². The zero-order valence-electron chi connectivity index (χ0n) is 9.75. The van der Waals surface area contributed by atoms with Crippen LogP contribution in [0.25, 0.3) is 0 Å². The number of hydrogen-bond donors (Lipinski definition) is 1. The van der Waals surface area contributed by atoms with E-state index in [2.05, 4.69) is 31.1 Å². The van der Waals surface area contributed by atoms with Crippen LogP contribution >= 0.6 is 0 Å². The van der Waals surface area contributed by atoms with Crippen LogP contribution in [0.4, 0.5) is 0 Å². The largest absolute Gasteiger partial charge is 0.374 e. The summed E-state index contributed by atoms with van der Waals surface area (Å²) in [5, 5.41) is 3.35. The van der Waals surface area contributed by atoms with Crippen molar-refractivity contribution < 1.29 is 4.74 Å². The van der Waals surface area contributed by atoms with Crippen molar-refractivity contribution in [3.8, 4) is 0 Å². The summed E-state index contributed by atoms with van der Waals surface area (Å²) < 4.78 is 5.65. The van der Waals surface area contributed by atoms with Gasteiger partial charge in [0.15, 0.2) is 0 Å². The third-order valence-corrected chi connectivity index (χ3v) is 2.61. The summed E-state index contributed by atoms with van der Waals surface area (Å²) in [6.07, 6.45) is 1.66. The molecule has 0 aliphatic carbocycles. The van der Waals surface area contributed by atoms with Gasteiger partial charge < -0.3 is 15.0 Å². The molecule has 1 N–H and O–H groups in total. The molecule has 1 heterocycles. The second kappa shape index (κ2) is 6.38. The van der Waals surface area contributed by atoms with E-state index in [-0.39, 0.29) is 0 Å². The third kappa shape index (κ3) is 4.94. The van der Waals surface area contributed by atoms with Gasteiger partial charge in [-0.3, -0.25) is 0 Å². The summed E-state index contributed by atoms with van der Waals surface area (Å²) in [5.74, 6) is 0.794. The molecule has 1 saturated heterocycles. The Kier molecular flexibility index (Phi) is 5.45. The topological polar surface area (TPSA) is 24.5 Å². The minimum Gasteiger partial charge on any atom is -0.374 e. The summed E-state index contributed by atoms with van der Waals surface area (Å²) in [5.41, 5.74) is 0. The van der Waals surface area contributed by atoms with Gasteiger partial charge >= 0.3 is 0 Å². The molecule has 1 rings (SSSR count). The lowest BCUT2D eigenvalue weighted by molar-refractivity contribution is 0.00952. The monoisotopic (exact) mass is 200 g/mol. The second-order valence-electron chi connectivity index (χ2n) is 4.64. The number of hydrogen-bond acceptors (Lipinski definition) is 3. The Hall–Kier alpha value is -0.120. The second-order valence-corrected chi connectivity index (χ2v) is 4.64. The maximum absolute atomic E-state index is 5.65. The normalized spacial score (nSPS) is 23.4. The Labute approximate surface area is 87.8 Å². The lowest BCUT2D eigenvalue weighted by Gasteiger charge is -2.28. The molecular formula is C11H24N2O.